The molecule has 0 aromatic heterocycles. The average molecular weight is 309 g/mol. The third-order valence-corrected chi connectivity index (χ3v) is 4.32. The van der Waals surface area contributed by atoms with Crippen molar-refractivity contribution in [3.8, 4) is 5.75 Å². The van der Waals surface area contributed by atoms with Crippen molar-refractivity contribution in [2.24, 2.45) is 0 Å². The van der Waals surface area contributed by atoms with Gasteiger partial charge in [-0.2, -0.15) is 0 Å². The molecule has 1 aliphatic rings. The fourth-order valence-electron chi connectivity index (χ4n) is 2.92. The summed E-state index contributed by atoms with van der Waals surface area (Å²) in [5.74, 6) is 0.642. The summed E-state index contributed by atoms with van der Waals surface area (Å²) in [7, 11) is 0. The van der Waals surface area contributed by atoms with E-state index in [1.54, 1.807) is 6.92 Å². The molecule has 0 saturated carbocycles. The highest BCUT2D eigenvalue weighted by Gasteiger charge is 2.16. The Morgan fingerprint density at radius 3 is 2.48 bits per heavy atom. The summed E-state index contributed by atoms with van der Waals surface area (Å²) in [5, 5.41) is 2.89. The van der Waals surface area contributed by atoms with Gasteiger partial charge in [-0.15, -0.1) is 0 Å². The normalized spacial score (nSPS) is 14.7. The van der Waals surface area contributed by atoms with E-state index in [9.17, 15) is 4.79 Å². The van der Waals surface area contributed by atoms with Crippen molar-refractivity contribution in [2.75, 3.05) is 5.32 Å². The number of fused-ring (bicyclic) bond motifs is 1. The first kappa shape index (κ1) is 15.6. The van der Waals surface area contributed by atoms with E-state index in [4.69, 9.17) is 4.74 Å². The van der Waals surface area contributed by atoms with E-state index >= 15 is 0 Å². The molecule has 0 aliphatic heterocycles. The highest BCUT2D eigenvalue weighted by atomic mass is 16.5. The van der Waals surface area contributed by atoms with Crippen molar-refractivity contribution in [1.29, 1.82) is 0 Å². The van der Waals surface area contributed by atoms with Crippen molar-refractivity contribution in [3.05, 3.63) is 59.2 Å². The van der Waals surface area contributed by atoms with Gasteiger partial charge in [0, 0.05) is 5.69 Å². The second-order valence-electron chi connectivity index (χ2n) is 6.25. The Kier molecular flexibility index (Phi) is 4.65. The van der Waals surface area contributed by atoms with Gasteiger partial charge in [0.05, 0.1) is 0 Å². The SMILES string of the molecule is Cc1ccc(NC(=O)[C@@H](C)Oc2ccc3c(c2)CCCC3)cc1. The number of nitrogens with one attached hydrogen (secondary N) is 1. The van der Waals surface area contributed by atoms with Crippen LogP contribution in [0.3, 0.4) is 0 Å². The van der Waals surface area contributed by atoms with Gasteiger partial charge in [-0.25, -0.2) is 0 Å². The number of amides is 1. The van der Waals surface area contributed by atoms with Crippen LogP contribution in [-0.4, -0.2) is 12.0 Å². The van der Waals surface area contributed by atoms with Gasteiger partial charge in [0.2, 0.25) is 0 Å². The number of benzene rings is 2. The van der Waals surface area contributed by atoms with Crippen LogP contribution < -0.4 is 10.1 Å². The summed E-state index contributed by atoms with van der Waals surface area (Å²) >= 11 is 0. The summed E-state index contributed by atoms with van der Waals surface area (Å²) < 4.78 is 5.83. The number of hydrogen-bond donors (Lipinski definition) is 1. The fraction of sp³-hybridized carbons (Fsp3) is 0.350. The number of aryl methyl sites for hydroxylation is 3. The number of ether oxygens (including phenoxy) is 1. The lowest BCUT2D eigenvalue weighted by atomic mass is 9.92. The summed E-state index contributed by atoms with van der Waals surface area (Å²) in [6, 6.07) is 13.9. The Bertz CT molecular complexity index is 691. The molecule has 0 heterocycles. The molecule has 1 atom stereocenters. The first-order chi connectivity index (χ1) is 11.1. The minimum Gasteiger partial charge on any atom is -0.481 e. The van der Waals surface area contributed by atoms with Crippen LogP contribution in [0, 0.1) is 6.92 Å². The first-order valence-electron chi connectivity index (χ1n) is 8.28. The Hall–Kier alpha value is -2.29. The first-order valence-corrected chi connectivity index (χ1v) is 8.28. The topological polar surface area (TPSA) is 38.3 Å². The minimum atomic E-state index is -0.530. The predicted molar refractivity (Wildman–Crippen MR) is 93.0 cm³/mol. The van der Waals surface area contributed by atoms with Crippen LogP contribution >= 0.6 is 0 Å². The molecule has 2 aromatic rings. The van der Waals surface area contributed by atoms with Crippen LogP contribution in [0.15, 0.2) is 42.5 Å². The van der Waals surface area contributed by atoms with Crippen LogP contribution in [0.2, 0.25) is 0 Å². The van der Waals surface area contributed by atoms with E-state index < -0.39 is 6.10 Å². The highest BCUT2D eigenvalue weighted by molar-refractivity contribution is 5.94. The van der Waals surface area contributed by atoms with Crippen LogP contribution in [0.4, 0.5) is 5.69 Å². The molecule has 1 N–H and O–H groups in total. The van der Waals surface area contributed by atoms with Crippen molar-refractivity contribution >= 4 is 11.6 Å². The van der Waals surface area contributed by atoms with Crippen molar-refractivity contribution in [3.63, 3.8) is 0 Å². The third-order valence-electron chi connectivity index (χ3n) is 4.32. The Morgan fingerprint density at radius 2 is 1.74 bits per heavy atom. The maximum absolute atomic E-state index is 12.3. The smallest absolute Gasteiger partial charge is 0.265 e. The van der Waals surface area contributed by atoms with Crippen LogP contribution in [0.5, 0.6) is 5.75 Å². The summed E-state index contributed by atoms with van der Waals surface area (Å²) in [4.78, 5) is 12.3. The minimum absolute atomic E-state index is 0.133. The maximum atomic E-state index is 12.3. The number of rotatable bonds is 4. The van der Waals surface area contributed by atoms with Gasteiger partial charge < -0.3 is 10.1 Å². The Labute approximate surface area is 137 Å². The van der Waals surface area contributed by atoms with Gasteiger partial charge in [0.15, 0.2) is 6.10 Å². The summed E-state index contributed by atoms with van der Waals surface area (Å²) in [5.41, 5.74) is 4.74. The molecule has 0 unspecified atom stereocenters. The van der Waals surface area contributed by atoms with E-state index in [0.29, 0.717) is 0 Å². The van der Waals surface area contributed by atoms with E-state index in [1.807, 2.05) is 37.3 Å². The van der Waals surface area contributed by atoms with Gasteiger partial charge in [0.1, 0.15) is 5.75 Å². The molecule has 1 amide bonds. The molecule has 23 heavy (non-hydrogen) atoms. The van der Waals surface area contributed by atoms with Gasteiger partial charge in [-0.1, -0.05) is 23.8 Å². The van der Waals surface area contributed by atoms with E-state index in [-0.39, 0.29) is 5.91 Å². The fourth-order valence-corrected chi connectivity index (χ4v) is 2.92. The third kappa shape index (κ3) is 3.92. The van der Waals surface area contributed by atoms with Crippen molar-refractivity contribution in [2.45, 2.75) is 45.6 Å². The van der Waals surface area contributed by atoms with Crippen LogP contribution in [0.25, 0.3) is 0 Å². The molecule has 1 aliphatic carbocycles. The van der Waals surface area contributed by atoms with Gasteiger partial charge in [-0.05, 0) is 74.9 Å². The zero-order valence-corrected chi connectivity index (χ0v) is 13.8. The summed E-state index contributed by atoms with van der Waals surface area (Å²) in [6.07, 6.45) is 4.23. The number of anilines is 1. The largest absolute Gasteiger partial charge is 0.481 e. The zero-order valence-electron chi connectivity index (χ0n) is 13.8. The quantitative estimate of drug-likeness (QED) is 0.915. The molecule has 3 rings (SSSR count). The van der Waals surface area contributed by atoms with Crippen LogP contribution in [-0.2, 0) is 17.6 Å². The molecule has 3 nitrogen and oxygen atoms in total. The van der Waals surface area contributed by atoms with Gasteiger partial charge in [-0.3, -0.25) is 4.79 Å². The average Bonchev–Trinajstić information content (AvgIpc) is 2.56. The Morgan fingerprint density at radius 1 is 1.04 bits per heavy atom. The molecule has 0 spiro atoms. The molecular weight excluding hydrogens is 286 g/mol. The second-order valence-corrected chi connectivity index (χ2v) is 6.25. The lowest BCUT2D eigenvalue weighted by Gasteiger charge is -2.19. The molecule has 3 heteroatoms. The number of carbonyl (C=O) groups excluding carboxylic acids is 1. The van der Waals surface area contributed by atoms with Gasteiger partial charge >= 0.3 is 0 Å². The molecule has 120 valence electrons. The molecule has 2 aromatic carbocycles. The summed E-state index contributed by atoms with van der Waals surface area (Å²) in [6.45, 7) is 3.80. The standard InChI is InChI=1S/C20H23NO2/c1-14-7-10-18(11-8-14)21-20(22)15(2)23-19-12-9-16-5-3-4-6-17(16)13-19/h7-13,15H,3-6H2,1-2H3,(H,21,22)/t15-/m1/s1. The Balaban J connectivity index is 1.62. The molecule has 0 fully saturated rings. The maximum Gasteiger partial charge on any atom is 0.265 e. The lowest BCUT2D eigenvalue weighted by molar-refractivity contribution is -0.122. The van der Waals surface area contributed by atoms with E-state index in [2.05, 4.69) is 17.4 Å². The lowest BCUT2D eigenvalue weighted by Crippen LogP contribution is -2.30. The molecule has 0 bridgehead atoms. The van der Waals surface area contributed by atoms with E-state index in [1.165, 1.54) is 29.5 Å². The predicted octanol–water partition coefficient (Wildman–Crippen LogP) is 4.28. The highest BCUT2D eigenvalue weighted by Crippen LogP contribution is 2.26. The van der Waals surface area contributed by atoms with Gasteiger partial charge in [0.25, 0.3) is 5.91 Å². The second kappa shape index (κ2) is 6.86. The van der Waals surface area contributed by atoms with Crippen LogP contribution in [0.1, 0.15) is 36.5 Å². The van der Waals surface area contributed by atoms with Crippen molar-refractivity contribution in [1.82, 2.24) is 0 Å². The number of hydrogen-bond acceptors (Lipinski definition) is 2. The number of carbonyl (C=O) groups is 1. The molecule has 0 radical (unpaired) electrons. The van der Waals surface area contributed by atoms with Crippen molar-refractivity contribution < 1.29 is 9.53 Å². The monoisotopic (exact) mass is 309 g/mol. The molecule has 0 saturated heterocycles. The molecular formula is C20H23NO2. The van der Waals surface area contributed by atoms with E-state index in [0.717, 1.165) is 24.3 Å². The zero-order chi connectivity index (χ0) is 16.2.